The van der Waals surface area contributed by atoms with E-state index in [1.165, 1.54) is 7.11 Å². The summed E-state index contributed by atoms with van der Waals surface area (Å²) < 4.78 is 5.74. The predicted molar refractivity (Wildman–Crippen MR) is 90.0 cm³/mol. The molecule has 2 aromatic carbocycles. The normalized spacial score (nSPS) is 12.0. The lowest BCUT2D eigenvalue weighted by atomic mass is 10.1. The summed E-state index contributed by atoms with van der Waals surface area (Å²) in [5, 5.41) is 0.346. The largest absolute Gasteiger partial charge is 0.467 e. The zero-order valence-corrected chi connectivity index (χ0v) is 13.1. The molecule has 3 rings (SSSR count). The number of nitrogens with one attached hydrogen (secondary N) is 1. The van der Waals surface area contributed by atoms with Gasteiger partial charge in [0, 0.05) is 6.42 Å². The summed E-state index contributed by atoms with van der Waals surface area (Å²) in [5.41, 5.74) is 0.116. The molecule has 24 heavy (non-hydrogen) atoms. The van der Waals surface area contributed by atoms with Gasteiger partial charge in [0.2, 0.25) is 0 Å². The number of methoxy groups -OCH3 is 1. The van der Waals surface area contributed by atoms with Crippen LogP contribution in [0.3, 0.4) is 0 Å². The molecule has 0 amide bonds. The van der Waals surface area contributed by atoms with Gasteiger partial charge in [0.15, 0.2) is 0 Å². The lowest BCUT2D eigenvalue weighted by molar-refractivity contribution is -0.144. The lowest BCUT2D eigenvalue weighted by Crippen LogP contribution is -2.42. The monoisotopic (exact) mass is 324 g/mol. The van der Waals surface area contributed by atoms with E-state index in [1.54, 1.807) is 24.3 Å². The molecule has 1 heterocycles. The molecule has 6 heteroatoms. The number of fused-ring (bicyclic) bond motifs is 1. The molecule has 0 saturated carbocycles. The molecule has 6 nitrogen and oxygen atoms in total. The number of nitrogens with zero attached hydrogens (tertiary/aromatic N) is 1. The number of para-hydroxylation sites is 1. The van der Waals surface area contributed by atoms with E-state index in [1.807, 2.05) is 30.3 Å². The first-order valence-corrected chi connectivity index (χ1v) is 7.47. The molecule has 0 aliphatic rings. The van der Waals surface area contributed by atoms with Gasteiger partial charge < -0.3 is 9.72 Å². The van der Waals surface area contributed by atoms with E-state index < -0.39 is 23.3 Å². The minimum atomic E-state index is -1.03. The minimum Gasteiger partial charge on any atom is -0.467 e. The smallest absolute Gasteiger partial charge is 0.329 e. The SMILES string of the molecule is COC(=O)C(Cc1ccccc1)n1c(=O)[nH]c2ccccc2c1=O. The molecular weight excluding hydrogens is 308 g/mol. The second-order valence-electron chi connectivity index (χ2n) is 5.38. The summed E-state index contributed by atoms with van der Waals surface area (Å²) in [7, 11) is 1.24. The third kappa shape index (κ3) is 2.86. The number of hydrogen-bond acceptors (Lipinski definition) is 4. The molecule has 0 aliphatic carbocycles. The van der Waals surface area contributed by atoms with Crippen LogP contribution in [-0.2, 0) is 16.0 Å². The average molecular weight is 324 g/mol. The quantitative estimate of drug-likeness (QED) is 0.740. The van der Waals surface area contributed by atoms with Crippen LogP contribution in [-0.4, -0.2) is 22.6 Å². The fourth-order valence-electron chi connectivity index (χ4n) is 2.71. The Hall–Kier alpha value is -3.15. The van der Waals surface area contributed by atoms with Crippen LogP contribution >= 0.6 is 0 Å². The Kier molecular flexibility index (Phi) is 4.29. The summed E-state index contributed by atoms with van der Waals surface area (Å²) in [6, 6.07) is 14.8. The van der Waals surface area contributed by atoms with E-state index >= 15 is 0 Å². The van der Waals surface area contributed by atoms with E-state index in [9.17, 15) is 14.4 Å². The molecule has 1 unspecified atom stereocenters. The highest BCUT2D eigenvalue weighted by molar-refractivity contribution is 5.78. The molecule has 0 aliphatic heterocycles. The number of ether oxygens (including phenoxy) is 1. The molecule has 1 atom stereocenters. The van der Waals surface area contributed by atoms with Crippen LogP contribution in [0, 0.1) is 0 Å². The highest BCUT2D eigenvalue weighted by atomic mass is 16.5. The number of aromatic amines is 1. The molecule has 0 spiro atoms. The zero-order valence-electron chi connectivity index (χ0n) is 13.1. The minimum absolute atomic E-state index is 0.189. The van der Waals surface area contributed by atoms with Crippen molar-refractivity contribution in [3.63, 3.8) is 0 Å². The fraction of sp³-hybridized carbons (Fsp3) is 0.167. The van der Waals surface area contributed by atoms with E-state index in [0.29, 0.717) is 10.9 Å². The molecule has 0 fully saturated rings. The summed E-state index contributed by atoms with van der Waals surface area (Å²) in [6.07, 6.45) is 0.189. The number of rotatable bonds is 4. The van der Waals surface area contributed by atoms with Crippen molar-refractivity contribution in [2.24, 2.45) is 0 Å². The van der Waals surface area contributed by atoms with E-state index in [2.05, 4.69) is 4.98 Å². The molecule has 1 N–H and O–H groups in total. The number of esters is 1. The van der Waals surface area contributed by atoms with Crippen LogP contribution in [0.2, 0.25) is 0 Å². The highest BCUT2D eigenvalue weighted by Gasteiger charge is 2.26. The van der Waals surface area contributed by atoms with Gasteiger partial charge in [-0.3, -0.25) is 4.79 Å². The second kappa shape index (κ2) is 6.54. The van der Waals surface area contributed by atoms with Crippen LogP contribution in [0.4, 0.5) is 0 Å². The Bertz CT molecular complexity index is 989. The molecule has 0 saturated heterocycles. The molecule has 1 aromatic heterocycles. The van der Waals surface area contributed by atoms with Crippen LogP contribution in [0.25, 0.3) is 10.9 Å². The van der Waals surface area contributed by atoms with E-state index in [0.717, 1.165) is 10.1 Å². The van der Waals surface area contributed by atoms with Gasteiger partial charge in [-0.25, -0.2) is 14.2 Å². The van der Waals surface area contributed by atoms with Crippen molar-refractivity contribution in [1.82, 2.24) is 9.55 Å². The maximum Gasteiger partial charge on any atom is 0.329 e. The van der Waals surface area contributed by atoms with Gasteiger partial charge >= 0.3 is 11.7 Å². The van der Waals surface area contributed by atoms with Crippen LogP contribution in [0.15, 0.2) is 64.2 Å². The van der Waals surface area contributed by atoms with Crippen molar-refractivity contribution in [3.8, 4) is 0 Å². The van der Waals surface area contributed by atoms with Gasteiger partial charge in [0.1, 0.15) is 6.04 Å². The Balaban J connectivity index is 2.18. The van der Waals surface area contributed by atoms with Crippen molar-refractivity contribution in [1.29, 1.82) is 0 Å². The van der Waals surface area contributed by atoms with Gasteiger partial charge in [0.05, 0.1) is 18.0 Å². The molecule has 3 aromatic rings. The number of H-pyrrole nitrogens is 1. The molecule has 0 bridgehead atoms. The summed E-state index contributed by atoms with van der Waals surface area (Å²) in [6.45, 7) is 0. The number of carbonyl (C=O) groups excluding carboxylic acids is 1. The maximum absolute atomic E-state index is 12.7. The summed E-state index contributed by atoms with van der Waals surface area (Å²) >= 11 is 0. The number of benzene rings is 2. The van der Waals surface area contributed by atoms with Crippen molar-refractivity contribution in [3.05, 3.63) is 81.0 Å². The first-order valence-electron chi connectivity index (χ1n) is 7.47. The zero-order chi connectivity index (χ0) is 17.1. The maximum atomic E-state index is 12.7. The Morgan fingerprint density at radius 1 is 1.08 bits per heavy atom. The number of hydrogen-bond donors (Lipinski definition) is 1. The van der Waals surface area contributed by atoms with Crippen molar-refractivity contribution in [2.75, 3.05) is 7.11 Å². The second-order valence-corrected chi connectivity index (χ2v) is 5.38. The first-order chi connectivity index (χ1) is 11.6. The Morgan fingerprint density at radius 2 is 1.75 bits per heavy atom. The van der Waals surface area contributed by atoms with Crippen LogP contribution < -0.4 is 11.2 Å². The van der Waals surface area contributed by atoms with Gasteiger partial charge in [-0.2, -0.15) is 0 Å². The third-order valence-corrected chi connectivity index (χ3v) is 3.89. The summed E-state index contributed by atoms with van der Waals surface area (Å²) in [4.78, 5) is 40.0. The Labute approximate surface area is 137 Å². The standard InChI is InChI=1S/C18H16N2O4/c1-24-17(22)15(11-12-7-3-2-4-8-12)20-16(21)13-9-5-6-10-14(13)19-18(20)23/h2-10,15H,11H2,1H3,(H,19,23). The van der Waals surface area contributed by atoms with Crippen LogP contribution in [0.1, 0.15) is 11.6 Å². The average Bonchev–Trinajstić information content (AvgIpc) is 2.61. The van der Waals surface area contributed by atoms with Crippen LogP contribution in [0.5, 0.6) is 0 Å². The van der Waals surface area contributed by atoms with Gasteiger partial charge in [-0.1, -0.05) is 42.5 Å². The van der Waals surface area contributed by atoms with Crippen molar-refractivity contribution >= 4 is 16.9 Å². The number of aromatic nitrogens is 2. The molecule has 122 valence electrons. The fourth-order valence-corrected chi connectivity index (χ4v) is 2.71. The lowest BCUT2D eigenvalue weighted by Gasteiger charge is -2.17. The highest BCUT2D eigenvalue weighted by Crippen LogP contribution is 2.14. The first kappa shape index (κ1) is 15.7. The molecule has 0 radical (unpaired) electrons. The molecular formula is C18H16N2O4. The third-order valence-electron chi connectivity index (χ3n) is 3.89. The van der Waals surface area contributed by atoms with Gasteiger partial charge in [-0.15, -0.1) is 0 Å². The van der Waals surface area contributed by atoms with Crippen molar-refractivity contribution < 1.29 is 9.53 Å². The van der Waals surface area contributed by atoms with E-state index in [4.69, 9.17) is 4.74 Å². The summed E-state index contributed by atoms with van der Waals surface area (Å²) in [5.74, 6) is -0.637. The topological polar surface area (TPSA) is 81.2 Å². The van der Waals surface area contributed by atoms with Crippen molar-refractivity contribution in [2.45, 2.75) is 12.5 Å². The Morgan fingerprint density at radius 3 is 2.46 bits per heavy atom. The van der Waals surface area contributed by atoms with Gasteiger partial charge in [-0.05, 0) is 17.7 Å². The number of carbonyl (C=O) groups is 1. The van der Waals surface area contributed by atoms with Gasteiger partial charge in [0.25, 0.3) is 5.56 Å². The van der Waals surface area contributed by atoms with E-state index in [-0.39, 0.29) is 6.42 Å². The predicted octanol–water partition coefficient (Wildman–Crippen LogP) is 1.65.